The van der Waals surface area contributed by atoms with E-state index in [1.165, 1.54) is 0 Å². The molecule has 1 atom stereocenters. The van der Waals surface area contributed by atoms with Gasteiger partial charge in [-0.1, -0.05) is 22.0 Å². The summed E-state index contributed by atoms with van der Waals surface area (Å²) in [4.78, 5) is 4.25. The van der Waals surface area contributed by atoms with Crippen LogP contribution in [0.1, 0.15) is 36.6 Å². The van der Waals surface area contributed by atoms with Crippen LogP contribution < -0.4 is 16.0 Å². The molecule has 5 heteroatoms. The molecule has 0 saturated carbocycles. The molecule has 1 aromatic heterocycles. The van der Waals surface area contributed by atoms with Crippen LogP contribution in [0, 0.1) is 6.92 Å². The third-order valence-corrected chi connectivity index (χ3v) is 3.64. The highest BCUT2D eigenvalue weighted by Gasteiger charge is 2.16. The van der Waals surface area contributed by atoms with Gasteiger partial charge in [0.25, 0.3) is 0 Å². The Morgan fingerprint density at radius 1 is 1.24 bits per heavy atom. The maximum atomic E-state index is 5.76. The van der Waals surface area contributed by atoms with Crippen molar-refractivity contribution in [2.75, 3.05) is 0 Å². The second kappa shape index (κ2) is 7.02. The Balaban J connectivity index is 2.37. The number of hydrogen-bond donors (Lipinski definition) is 2. The number of benzene rings is 1. The first-order valence-electron chi connectivity index (χ1n) is 6.85. The largest absolute Gasteiger partial charge is 0.489 e. The summed E-state index contributed by atoms with van der Waals surface area (Å²) in [5.41, 5.74) is 6.11. The molecule has 1 unspecified atom stereocenters. The second-order valence-electron chi connectivity index (χ2n) is 5.22. The normalized spacial score (nSPS) is 12.5. The fourth-order valence-corrected chi connectivity index (χ4v) is 2.73. The summed E-state index contributed by atoms with van der Waals surface area (Å²) < 4.78 is 6.75. The van der Waals surface area contributed by atoms with Crippen LogP contribution in [0.3, 0.4) is 0 Å². The van der Waals surface area contributed by atoms with E-state index >= 15 is 0 Å². The number of hydrogen-bond acceptors (Lipinski definition) is 4. The number of nitrogens with zero attached hydrogens (tertiary/aromatic N) is 1. The Bertz CT molecular complexity index is 616. The maximum Gasteiger partial charge on any atom is 0.138 e. The Kier molecular flexibility index (Phi) is 5.33. The molecule has 0 fully saturated rings. The predicted octanol–water partition coefficient (Wildman–Crippen LogP) is 3.49. The van der Waals surface area contributed by atoms with Crippen molar-refractivity contribution < 1.29 is 4.74 Å². The van der Waals surface area contributed by atoms with E-state index in [0.29, 0.717) is 0 Å². The van der Waals surface area contributed by atoms with E-state index in [1.54, 1.807) is 12.4 Å². The van der Waals surface area contributed by atoms with Gasteiger partial charge in [0.05, 0.1) is 18.3 Å². The van der Waals surface area contributed by atoms with Crippen molar-refractivity contribution in [2.24, 2.45) is 5.84 Å². The molecular formula is C16H20BrN3O. The molecule has 2 rings (SSSR count). The average Bonchev–Trinajstić information content (AvgIpc) is 2.41. The SMILES string of the molecule is Cc1cc(Br)ccc1C(NN)c1cncc(OC(C)C)c1. The topological polar surface area (TPSA) is 60.2 Å². The number of aryl methyl sites for hydroxylation is 1. The minimum Gasteiger partial charge on any atom is -0.489 e. The lowest BCUT2D eigenvalue weighted by Gasteiger charge is -2.20. The molecule has 112 valence electrons. The fraction of sp³-hybridized carbons (Fsp3) is 0.312. The molecule has 0 aliphatic heterocycles. The summed E-state index contributed by atoms with van der Waals surface area (Å²) in [6, 6.07) is 7.98. The Labute approximate surface area is 133 Å². The van der Waals surface area contributed by atoms with E-state index in [0.717, 1.165) is 26.9 Å². The molecule has 2 aromatic rings. The van der Waals surface area contributed by atoms with Gasteiger partial charge in [0.2, 0.25) is 0 Å². The standard InChI is InChI=1S/C16H20BrN3O/c1-10(2)21-14-7-12(8-19-9-14)16(20-18)15-5-4-13(17)6-11(15)3/h4-10,16,20H,18H2,1-3H3. The summed E-state index contributed by atoms with van der Waals surface area (Å²) in [5.74, 6) is 6.51. The van der Waals surface area contributed by atoms with E-state index in [2.05, 4.69) is 45.4 Å². The zero-order valence-electron chi connectivity index (χ0n) is 12.4. The summed E-state index contributed by atoms with van der Waals surface area (Å²) in [5, 5.41) is 0. The highest BCUT2D eigenvalue weighted by Crippen LogP contribution is 2.28. The third-order valence-electron chi connectivity index (χ3n) is 3.15. The van der Waals surface area contributed by atoms with Gasteiger partial charge in [-0.2, -0.15) is 0 Å². The lowest BCUT2D eigenvalue weighted by Crippen LogP contribution is -2.29. The molecular weight excluding hydrogens is 330 g/mol. The second-order valence-corrected chi connectivity index (χ2v) is 6.14. The molecule has 0 bridgehead atoms. The van der Waals surface area contributed by atoms with E-state index in [4.69, 9.17) is 10.6 Å². The molecule has 0 saturated heterocycles. The predicted molar refractivity (Wildman–Crippen MR) is 88.0 cm³/mol. The van der Waals surface area contributed by atoms with Gasteiger partial charge in [0.1, 0.15) is 5.75 Å². The maximum absolute atomic E-state index is 5.76. The molecule has 4 nitrogen and oxygen atoms in total. The van der Waals surface area contributed by atoms with Crippen molar-refractivity contribution in [3.8, 4) is 5.75 Å². The van der Waals surface area contributed by atoms with Gasteiger partial charge in [-0.15, -0.1) is 0 Å². The zero-order chi connectivity index (χ0) is 15.4. The molecule has 0 amide bonds. The van der Waals surface area contributed by atoms with Crippen molar-refractivity contribution in [1.29, 1.82) is 0 Å². The van der Waals surface area contributed by atoms with Gasteiger partial charge < -0.3 is 4.74 Å². The first kappa shape index (κ1) is 15.9. The van der Waals surface area contributed by atoms with Gasteiger partial charge in [-0.05, 0) is 55.7 Å². The Morgan fingerprint density at radius 3 is 2.62 bits per heavy atom. The van der Waals surface area contributed by atoms with Crippen LogP contribution in [-0.4, -0.2) is 11.1 Å². The highest BCUT2D eigenvalue weighted by molar-refractivity contribution is 9.10. The highest BCUT2D eigenvalue weighted by atomic mass is 79.9. The fourth-order valence-electron chi connectivity index (χ4n) is 2.26. The van der Waals surface area contributed by atoms with Gasteiger partial charge in [-0.25, -0.2) is 5.43 Å². The number of ether oxygens (including phenoxy) is 1. The number of aromatic nitrogens is 1. The monoisotopic (exact) mass is 349 g/mol. The smallest absolute Gasteiger partial charge is 0.138 e. The summed E-state index contributed by atoms with van der Waals surface area (Å²) in [6.45, 7) is 6.04. The van der Waals surface area contributed by atoms with E-state index in [9.17, 15) is 0 Å². The molecule has 0 radical (unpaired) electrons. The van der Waals surface area contributed by atoms with Crippen LogP contribution in [-0.2, 0) is 0 Å². The molecule has 0 aliphatic rings. The lowest BCUT2D eigenvalue weighted by molar-refractivity contribution is 0.241. The molecule has 0 spiro atoms. The van der Waals surface area contributed by atoms with Crippen molar-refractivity contribution in [3.05, 3.63) is 57.8 Å². The summed E-state index contributed by atoms with van der Waals surface area (Å²) >= 11 is 3.48. The number of rotatable bonds is 5. The van der Waals surface area contributed by atoms with Crippen molar-refractivity contribution in [1.82, 2.24) is 10.4 Å². The minimum absolute atomic E-state index is 0.112. The van der Waals surface area contributed by atoms with Crippen molar-refractivity contribution in [2.45, 2.75) is 32.9 Å². The molecule has 21 heavy (non-hydrogen) atoms. The number of pyridine rings is 1. The first-order valence-corrected chi connectivity index (χ1v) is 7.64. The average molecular weight is 350 g/mol. The van der Waals surface area contributed by atoms with E-state index in [1.807, 2.05) is 26.0 Å². The van der Waals surface area contributed by atoms with Crippen LogP contribution in [0.5, 0.6) is 5.75 Å². The van der Waals surface area contributed by atoms with Gasteiger partial charge in [-0.3, -0.25) is 10.8 Å². The first-order chi connectivity index (χ1) is 10.0. The molecule has 3 N–H and O–H groups in total. The van der Waals surface area contributed by atoms with Gasteiger partial charge >= 0.3 is 0 Å². The quantitative estimate of drug-likeness (QED) is 0.640. The minimum atomic E-state index is -0.124. The third kappa shape index (κ3) is 4.03. The van der Waals surface area contributed by atoms with Gasteiger partial charge in [0, 0.05) is 10.7 Å². The van der Waals surface area contributed by atoms with Crippen LogP contribution in [0.2, 0.25) is 0 Å². The number of nitrogens with one attached hydrogen (secondary N) is 1. The van der Waals surface area contributed by atoms with Gasteiger partial charge in [0.15, 0.2) is 0 Å². The van der Waals surface area contributed by atoms with E-state index in [-0.39, 0.29) is 12.1 Å². The lowest BCUT2D eigenvalue weighted by atomic mass is 9.96. The molecule has 1 aromatic carbocycles. The van der Waals surface area contributed by atoms with Crippen molar-refractivity contribution >= 4 is 15.9 Å². The number of nitrogens with two attached hydrogens (primary N) is 1. The van der Waals surface area contributed by atoms with E-state index < -0.39 is 0 Å². The van der Waals surface area contributed by atoms with Crippen LogP contribution >= 0.6 is 15.9 Å². The number of halogens is 1. The Hall–Kier alpha value is -1.43. The van der Waals surface area contributed by atoms with Crippen LogP contribution in [0.4, 0.5) is 0 Å². The Morgan fingerprint density at radius 2 is 2.00 bits per heavy atom. The number of hydrazine groups is 1. The van der Waals surface area contributed by atoms with Crippen LogP contribution in [0.15, 0.2) is 41.1 Å². The zero-order valence-corrected chi connectivity index (χ0v) is 14.0. The summed E-state index contributed by atoms with van der Waals surface area (Å²) in [7, 11) is 0. The summed E-state index contributed by atoms with van der Waals surface area (Å²) in [6.07, 6.45) is 3.63. The molecule has 1 heterocycles. The van der Waals surface area contributed by atoms with Crippen molar-refractivity contribution in [3.63, 3.8) is 0 Å². The van der Waals surface area contributed by atoms with Crippen LogP contribution in [0.25, 0.3) is 0 Å². The molecule has 0 aliphatic carbocycles.